The van der Waals surface area contributed by atoms with Crippen molar-refractivity contribution in [3.05, 3.63) is 24.3 Å². The third kappa shape index (κ3) is 3.92. The number of hydrogen-bond acceptors (Lipinski definition) is 3. The Hall–Kier alpha value is -1.20. The standard InChI is InChI=1S/C13H18N2O2S/c1-18-12-6-4-10(5-7-12)15-13(16)14-9-11-3-2-8-17-11/h4-7,11H,2-3,8-9H2,1H3,(H2,14,15,16)/t11-/m1/s1. The van der Waals surface area contributed by atoms with Crippen LogP contribution in [0.5, 0.6) is 0 Å². The van der Waals surface area contributed by atoms with E-state index < -0.39 is 0 Å². The minimum absolute atomic E-state index is 0.176. The number of rotatable bonds is 4. The summed E-state index contributed by atoms with van der Waals surface area (Å²) >= 11 is 1.68. The van der Waals surface area contributed by atoms with Crippen molar-refractivity contribution in [3.8, 4) is 0 Å². The molecule has 1 heterocycles. The molecule has 1 aromatic rings. The lowest BCUT2D eigenvalue weighted by molar-refractivity contribution is 0.112. The second-order valence-electron chi connectivity index (χ2n) is 4.20. The Morgan fingerprint density at radius 2 is 2.22 bits per heavy atom. The molecule has 1 aliphatic heterocycles. The normalized spacial score (nSPS) is 18.6. The van der Waals surface area contributed by atoms with Gasteiger partial charge >= 0.3 is 6.03 Å². The summed E-state index contributed by atoms with van der Waals surface area (Å²) in [6.45, 7) is 1.39. The minimum atomic E-state index is -0.178. The van der Waals surface area contributed by atoms with E-state index in [1.165, 1.54) is 4.90 Å². The van der Waals surface area contributed by atoms with Crippen LogP contribution in [0.15, 0.2) is 29.2 Å². The summed E-state index contributed by atoms with van der Waals surface area (Å²) in [5, 5.41) is 5.62. The topological polar surface area (TPSA) is 50.4 Å². The van der Waals surface area contributed by atoms with Crippen LogP contribution >= 0.6 is 11.8 Å². The predicted octanol–water partition coefficient (Wildman–Crippen LogP) is 2.71. The molecule has 4 nitrogen and oxygen atoms in total. The van der Waals surface area contributed by atoms with Gasteiger partial charge in [-0.05, 0) is 43.4 Å². The minimum Gasteiger partial charge on any atom is -0.376 e. The highest BCUT2D eigenvalue weighted by Crippen LogP contribution is 2.17. The first kappa shape index (κ1) is 13.2. The second kappa shape index (κ2) is 6.66. The summed E-state index contributed by atoms with van der Waals surface area (Å²) in [7, 11) is 0. The highest BCUT2D eigenvalue weighted by Gasteiger charge is 2.15. The molecule has 5 heteroatoms. The van der Waals surface area contributed by atoms with Crippen molar-refractivity contribution in [3.63, 3.8) is 0 Å². The lowest BCUT2D eigenvalue weighted by atomic mass is 10.2. The summed E-state index contributed by atoms with van der Waals surface area (Å²) in [5.74, 6) is 0. The molecule has 0 spiro atoms. The van der Waals surface area contributed by atoms with E-state index >= 15 is 0 Å². The van der Waals surface area contributed by atoms with Crippen molar-refractivity contribution in [1.82, 2.24) is 5.32 Å². The quantitative estimate of drug-likeness (QED) is 0.824. The van der Waals surface area contributed by atoms with Gasteiger partial charge in [-0.3, -0.25) is 0 Å². The van der Waals surface area contributed by atoms with E-state index in [1.807, 2.05) is 30.5 Å². The first-order valence-corrected chi connectivity index (χ1v) is 7.31. The molecule has 1 aliphatic rings. The molecule has 0 aromatic heterocycles. The van der Waals surface area contributed by atoms with Crippen molar-refractivity contribution in [1.29, 1.82) is 0 Å². The van der Waals surface area contributed by atoms with Gasteiger partial charge in [-0.1, -0.05) is 0 Å². The molecule has 2 N–H and O–H groups in total. The smallest absolute Gasteiger partial charge is 0.319 e. The van der Waals surface area contributed by atoms with Gasteiger partial charge in [-0.25, -0.2) is 4.79 Å². The molecule has 2 amide bonds. The predicted molar refractivity (Wildman–Crippen MR) is 74.2 cm³/mol. The van der Waals surface area contributed by atoms with Crippen molar-refractivity contribution >= 4 is 23.5 Å². The van der Waals surface area contributed by atoms with E-state index in [-0.39, 0.29) is 12.1 Å². The largest absolute Gasteiger partial charge is 0.376 e. The van der Waals surface area contributed by atoms with Gasteiger partial charge in [0.15, 0.2) is 0 Å². The van der Waals surface area contributed by atoms with Crippen molar-refractivity contribution < 1.29 is 9.53 Å². The van der Waals surface area contributed by atoms with Crippen molar-refractivity contribution in [2.24, 2.45) is 0 Å². The van der Waals surface area contributed by atoms with Crippen LogP contribution in [0.1, 0.15) is 12.8 Å². The summed E-state index contributed by atoms with van der Waals surface area (Å²) in [6, 6.07) is 7.60. The number of thioether (sulfide) groups is 1. The summed E-state index contributed by atoms with van der Waals surface area (Å²) in [4.78, 5) is 12.8. The zero-order chi connectivity index (χ0) is 12.8. The molecule has 0 radical (unpaired) electrons. The van der Waals surface area contributed by atoms with E-state index in [4.69, 9.17) is 4.74 Å². The Balaban J connectivity index is 1.75. The van der Waals surface area contributed by atoms with Crippen LogP contribution in [0.3, 0.4) is 0 Å². The second-order valence-corrected chi connectivity index (χ2v) is 5.08. The SMILES string of the molecule is CSc1ccc(NC(=O)NC[C@H]2CCCO2)cc1. The number of urea groups is 1. The number of amides is 2. The van der Waals surface area contributed by atoms with Gasteiger partial charge in [0.1, 0.15) is 0 Å². The molecule has 0 bridgehead atoms. The monoisotopic (exact) mass is 266 g/mol. The fourth-order valence-corrected chi connectivity index (χ4v) is 2.27. The molecule has 2 rings (SSSR count). The number of ether oxygens (including phenoxy) is 1. The van der Waals surface area contributed by atoms with Gasteiger partial charge in [-0.15, -0.1) is 11.8 Å². The Bertz CT molecular complexity index is 388. The number of carbonyl (C=O) groups excluding carboxylic acids is 1. The lowest BCUT2D eigenvalue weighted by Gasteiger charge is -2.11. The molecule has 1 fully saturated rings. The molecule has 0 aliphatic carbocycles. The van der Waals surface area contributed by atoms with E-state index in [2.05, 4.69) is 10.6 Å². The highest BCUT2D eigenvalue weighted by atomic mass is 32.2. The van der Waals surface area contributed by atoms with Crippen LogP contribution in [-0.4, -0.2) is 31.5 Å². The van der Waals surface area contributed by atoms with Gasteiger partial charge in [0.25, 0.3) is 0 Å². The van der Waals surface area contributed by atoms with Crippen LogP contribution < -0.4 is 10.6 Å². The number of anilines is 1. The Labute approximate surface area is 111 Å². The first-order chi connectivity index (χ1) is 8.78. The molecule has 98 valence electrons. The molecule has 0 unspecified atom stereocenters. The number of nitrogens with one attached hydrogen (secondary N) is 2. The maximum absolute atomic E-state index is 11.6. The highest BCUT2D eigenvalue weighted by molar-refractivity contribution is 7.98. The average molecular weight is 266 g/mol. The van der Waals surface area contributed by atoms with Crippen molar-refractivity contribution in [2.75, 3.05) is 24.7 Å². The summed E-state index contributed by atoms with van der Waals surface area (Å²) in [6.07, 6.45) is 4.32. The Morgan fingerprint density at radius 3 is 2.83 bits per heavy atom. The van der Waals surface area contributed by atoms with E-state index in [0.29, 0.717) is 6.54 Å². The third-order valence-electron chi connectivity index (χ3n) is 2.86. The van der Waals surface area contributed by atoms with E-state index in [1.54, 1.807) is 11.8 Å². The molecule has 1 aromatic carbocycles. The zero-order valence-corrected chi connectivity index (χ0v) is 11.3. The first-order valence-electron chi connectivity index (χ1n) is 6.08. The fourth-order valence-electron chi connectivity index (χ4n) is 1.86. The van der Waals surface area contributed by atoms with Crippen LogP contribution in [0, 0.1) is 0 Å². The molecular formula is C13H18N2O2S. The van der Waals surface area contributed by atoms with Gasteiger partial charge < -0.3 is 15.4 Å². The molecule has 1 atom stereocenters. The maximum Gasteiger partial charge on any atom is 0.319 e. The molecule has 0 saturated carbocycles. The van der Waals surface area contributed by atoms with Crippen LogP contribution in [0.2, 0.25) is 0 Å². The number of hydrogen-bond donors (Lipinski definition) is 2. The average Bonchev–Trinajstić information content (AvgIpc) is 2.90. The Morgan fingerprint density at radius 1 is 1.44 bits per heavy atom. The van der Waals surface area contributed by atoms with Gasteiger partial charge in [0, 0.05) is 23.7 Å². The summed E-state index contributed by atoms with van der Waals surface area (Å²) < 4.78 is 5.44. The van der Waals surface area contributed by atoms with Gasteiger partial charge in [0.05, 0.1) is 6.10 Å². The van der Waals surface area contributed by atoms with Gasteiger partial charge in [-0.2, -0.15) is 0 Å². The van der Waals surface area contributed by atoms with E-state index in [0.717, 1.165) is 25.1 Å². The third-order valence-corrected chi connectivity index (χ3v) is 3.61. The van der Waals surface area contributed by atoms with Crippen LogP contribution in [0.25, 0.3) is 0 Å². The van der Waals surface area contributed by atoms with E-state index in [9.17, 15) is 4.79 Å². The lowest BCUT2D eigenvalue weighted by Crippen LogP contribution is -2.34. The van der Waals surface area contributed by atoms with Crippen LogP contribution in [-0.2, 0) is 4.74 Å². The van der Waals surface area contributed by atoms with Crippen LogP contribution in [0.4, 0.5) is 10.5 Å². The summed E-state index contributed by atoms with van der Waals surface area (Å²) in [5.41, 5.74) is 0.803. The zero-order valence-electron chi connectivity index (χ0n) is 10.4. The van der Waals surface area contributed by atoms with Gasteiger partial charge in [0.2, 0.25) is 0 Å². The maximum atomic E-state index is 11.6. The number of benzene rings is 1. The molecule has 1 saturated heterocycles. The Kier molecular flexibility index (Phi) is 4.90. The molecule has 18 heavy (non-hydrogen) atoms. The fraction of sp³-hybridized carbons (Fsp3) is 0.462. The molecular weight excluding hydrogens is 248 g/mol. The van der Waals surface area contributed by atoms with Crippen molar-refractivity contribution in [2.45, 2.75) is 23.8 Å². The number of carbonyl (C=O) groups is 1.